The first-order chi connectivity index (χ1) is 28.2. The molecule has 3 aliphatic rings. The monoisotopic (exact) mass is 758 g/mol. The first kappa shape index (κ1) is 36.2. The van der Waals surface area contributed by atoms with Gasteiger partial charge in [-0.3, -0.25) is 14.7 Å². The van der Waals surface area contributed by atoms with E-state index >= 15 is 0 Å². The van der Waals surface area contributed by atoms with Crippen LogP contribution in [-0.2, 0) is 0 Å². The van der Waals surface area contributed by atoms with Crippen LogP contribution < -0.4 is 14.7 Å². The molecule has 284 valence electrons. The van der Waals surface area contributed by atoms with Crippen LogP contribution in [0.15, 0.2) is 176 Å². The third-order valence-corrected chi connectivity index (χ3v) is 10.2. The van der Waals surface area contributed by atoms with E-state index in [4.69, 9.17) is 30.0 Å². The number of nitrogens with zero attached hydrogens (tertiary/aromatic N) is 10. The minimum Gasteiger partial charge on any atom is -0.279 e. The Balaban J connectivity index is 1.29. The van der Waals surface area contributed by atoms with Crippen LogP contribution in [0, 0.1) is 41.5 Å². The van der Waals surface area contributed by atoms with E-state index in [1.807, 2.05) is 14.7 Å². The van der Waals surface area contributed by atoms with Crippen molar-refractivity contribution in [3.63, 3.8) is 0 Å². The largest absolute Gasteiger partial charge is 0.279 e. The summed E-state index contributed by atoms with van der Waals surface area (Å²) in [6.45, 7) is 12.5. The van der Waals surface area contributed by atoms with Gasteiger partial charge in [0, 0.05) is 34.1 Å². The number of anilines is 6. The van der Waals surface area contributed by atoms with Gasteiger partial charge in [-0.05, 0) is 114 Å². The van der Waals surface area contributed by atoms with Gasteiger partial charge >= 0.3 is 0 Å². The van der Waals surface area contributed by atoms with Crippen molar-refractivity contribution in [2.24, 2.45) is 30.0 Å². The van der Waals surface area contributed by atoms with Gasteiger partial charge in [-0.1, -0.05) is 106 Å². The van der Waals surface area contributed by atoms with Crippen molar-refractivity contribution in [1.29, 1.82) is 0 Å². The molecular weight excluding hydrogens is 717 g/mol. The quantitative estimate of drug-likeness (QED) is 0.169. The number of aliphatic imine (C=N–C) groups is 6. The fourth-order valence-electron chi connectivity index (χ4n) is 6.86. The molecule has 3 aliphatic heterocycles. The number of aryl methyl sites for hydroxylation is 6. The summed E-state index contributed by atoms with van der Waals surface area (Å²) in [7, 11) is 0. The van der Waals surface area contributed by atoms with E-state index in [1.165, 1.54) is 0 Å². The van der Waals surface area contributed by atoms with Crippen LogP contribution in [0.3, 0.4) is 0 Å². The molecule has 9 rings (SSSR count). The van der Waals surface area contributed by atoms with E-state index in [1.54, 1.807) is 4.90 Å². The van der Waals surface area contributed by atoms with E-state index in [0.717, 1.165) is 67.5 Å². The van der Waals surface area contributed by atoms with Gasteiger partial charge in [0.15, 0.2) is 0 Å². The smallest absolute Gasteiger partial charge is 0.246 e. The molecule has 0 aromatic heterocycles. The molecule has 6 aromatic rings. The average molecular weight is 759 g/mol. The Labute approximate surface area is 338 Å². The van der Waals surface area contributed by atoms with Gasteiger partial charge in [0.05, 0.1) is 0 Å². The minimum absolute atomic E-state index is 0.345. The zero-order valence-corrected chi connectivity index (χ0v) is 33.3. The zero-order valence-electron chi connectivity index (χ0n) is 33.3. The molecule has 0 aliphatic carbocycles. The molecule has 0 amide bonds. The highest BCUT2D eigenvalue weighted by Crippen LogP contribution is 2.34. The van der Waals surface area contributed by atoms with Gasteiger partial charge < -0.3 is 0 Å². The maximum atomic E-state index is 5.20. The van der Waals surface area contributed by atoms with Crippen molar-refractivity contribution in [2.45, 2.75) is 41.5 Å². The van der Waals surface area contributed by atoms with Crippen LogP contribution in [0.2, 0.25) is 0 Å². The predicted octanol–water partition coefficient (Wildman–Crippen LogP) is 10.8. The van der Waals surface area contributed by atoms with E-state index in [9.17, 15) is 0 Å². The van der Waals surface area contributed by atoms with Gasteiger partial charge in [0.1, 0.15) is 0 Å². The highest BCUT2D eigenvalue weighted by molar-refractivity contribution is 6.34. The van der Waals surface area contributed by atoms with Gasteiger partial charge in [0.2, 0.25) is 35.8 Å². The number of hydrogen-bond acceptors (Lipinski definition) is 10. The molecule has 0 saturated heterocycles. The lowest BCUT2D eigenvalue weighted by Gasteiger charge is -2.36. The second-order valence-corrected chi connectivity index (χ2v) is 14.8. The first-order valence-electron chi connectivity index (χ1n) is 19.3. The van der Waals surface area contributed by atoms with Gasteiger partial charge in [-0.15, -0.1) is 0 Å². The number of rotatable bonds is 6. The molecule has 3 heterocycles. The molecule has 0 atom stereocenters. The summed E-state index contributed by atoms with van der Waals surface area (Å²) in [4.78, 5) is 39.0. The van der Waals surface area contributed by atoms with Gasteiger partial charge in [-0.25, -0.2) is 4.90 Å². The summed E-state index contributed by atoms with van der Waals surface area (Å²) in [6.07, 6.45) is 0. The van der Waals surface area contributed by atoms with Crippen LogP contribution >= 0.6 is 0 Å². The fraction of sp³-hybridized carbons (Fsp3) is 0.125. The Morgan fingerprint density at radius 1 is 0.259 bits per heavy atom. The first-order valence-corrected chi connectivity index (χ1v) is 19.3. The van der Waals surface area contributed by atoms with Crippen molar-refractivity contribution in [2.75, 3.05) is 14.7 Å². The molecule has 6 aromatic carbocycles. The Bertz CT molecular complexity index is 2250. The molecule has 58 heavy (non-hydrogen) atoms. The summed E-state index contributed by atoms with van der Waals surface area (Å²) < 4.78 is 0. The lowest BCUT2D eigenvalue weighted by Crippen LogP contribution is -2.51. The molecule has 0 fully saturated rings. The van der Waals surface area contributed by atoms with Crippen molar-refractivity contribution < 1.29 is 0 Å². The number of guanidine groups is 6. The molecule has 10 heteroatoms. The van der Waals surface area contributed by atoms with Crippen LogP contribution in [0.1, 0.15) is 33.4 Å². The molecular formula is C48H42N10. The van der Waals surface area contributed by atoms with E-state index in [2.05, 4.69) is 187 Å². The zero-order chi connectivity index (χ0) is 39.9. The third kappa shape index (κ3) is 7.07. The predicted molar refractivity (Wildman–Crippen MR) is 240 cm³/mol. The second-order valence-electron chi connectivity index (χ2n) is 14.8. The Hall–Kier alpha value is -7.46. The summed E-state index contributed by atoms with van der Waals surface area (Å²) in [5.41, 5.74) is 12.3. The molecule has 0 N–H and O–H groups in total. The van der Waals surface area contributed by atoms with Crippen LogP contribution in [0.4, 0.5) is 34.1 Å². The summed E-state index contributed by atoms with van der Waals surface area (Å²) in [5.74, 6) is 2.24. The molecule has 0 saturated carbocycles. The topological polar surface area (TPSA) is 87.1 Å². The average Bonchev–Trinajstić information content (AvgIpc) is 3.22. The third-order valence-electron chi connectivity index (χ3n) is 10.2. The van der Waals surface area contributed by atoms with Crippen molar-refractivity contribution in [1.82, 2.24) is 4.90 Å². The standard InChI is InChI=1S/C48H42N10/c1-31-7-19-37(20-8-31)55(38-21-9-32(2)10-22-38)43-49-46-51-44(56(39-23-11-33(3)12-24-39)40-25-13-34(4)14-26-40)53-48-54-45(52-47(50-43)58(46)48)57(41-27-15-35(5)16-28-41)42-29-17-36(6)18-30-42/h7-30H,1-6H3. The van der Waals surface area contributed by atoms with Crippen LogP contribution in [-0.4, -0.2) is 40.7 Å². The lowest BCUT2D eigenvalue weighted by molar-refractivity contribution is 0.821. The van der Waals surface area contributed by atoms with E-state index in [-0.39, 0.29) is 0 Å². The van der Waals surface area contributed by atoms with Crippen LogP contribution in [0.25, 0.3) is 0 Å². The highest BCUT2D eigenvalue weighted by Gasteiger charge is 2.39. The second kappa shape index (κ2) is 14.9. The molecule has 10 nitrogen and oxygen atoms in total. The maximum absolute atomic E-state index is 5.20. The Kier molecular flexibility index (Phi) is 9.29. The van der Waals surface area contributed by atoms with Gasteiger partial charge in [0.25, 0.3) is 0 Å². The van der Waals surface area contributed by atoms with Gasteiger partial charge in [-0.2, -0.15) is 30.0 Å². The van der Waals surface area contributed by atoms with Crippen molar-refractivity contribution >= 4 is 69.9 Å². The normalized spacial score (nSPS) is 14.3. The van der Waals surface area contributed by atoms with Crippen molar-refractivity contribution in [3.05, 3.63) is 179 Å². The highest BCUT2D eigenvalue weighted by atomic mass is 15.6. The molecule has 0 spiro atoms. The minimum atomic E-state index is 0.345. The molecule has 0 unspecified atom stereocenters. The number of hydrogen-bond donors (Lipinski definition) is 0. The molecule has 0 radical (unpaired) electrons. The van der Waals surface area contributed by atoms with E-state index in [0.29, 0.717) is 35.8 Å². The van der Waals surface area contributed by atoms with Crippen molar-refractivity contribution in [3.8, 4) is 0 Å². The maximum Gasteiger partial charge on any atom is 0.246 e. The summed E-state index contributed by atoms with van der Waals surface area (Å²) in [5, 5.41) is 0. The summed E-state index contributed by atoms with van der Waals surface area (Å²) >= 11 is 0. The fourth-order valence-corrected chi connectivity index (χ4v) is 6.86. The SMILES string of the molecule is Cc1ccc(N(C2=NC3=NC(N(c4ccc(C)cc4)c4ccc(C)cc4)=NC4=NC(N(c5ccc(C)cc5)c5ccc(C)cc5)=NC(=N2)N34)c2ccc(C)cc2)cc1. The van der Waals surface area contributed by atoms with E-state index < -0.39 is 0 Å². The molecule has 0 bridgehead atoms. The Morgan fingerprint density at radius 3 is 0.603 bits per heavy atom. The number of benzene rings is 6. The lowest BCUT2D eigenvalue weighted by atomic mass is 10.1. The summed E-state index contributed by atoms with van der Waals surface area (Å²) in [6, 6.07) is 50.0. The Morgan fingerprint density at radius 2 is 0.431 bits per heavy atom. The van der Waals surface area contributed by atoms with Crippen LogP contribution in [0.5, 0.6) is 0 Å².